The maximum absolute atomic E-state index is 11.5. The van der Waals surface area contributed by atoms with Crippen molar-refractivity contribution in [2.45, 2.75) is 13.8 Å². The molecule has 66 valence electrons. The standard InChI is InChI=1S/C11H11NO/c1-8(2)11(13)10-5-3-4-9(6-10)7-12/h3-6,8H,1-2H3. The van der Waals surface area contributed by atoms with Crippen molar-refractivity contribution in [1.82, 2.24) is 0 Å². The lowest BCUT2D eigenvalue weighted by molar-refractivity contribution is 0.0939. The van der Waals surface area contributed by atoms with Crippen molar-refractivity contribution in [3.05, 3.63) is 35.4 Å². The lowest BCUT2D eigenvalue weighted by atomic mass is 10.00. The number of ketones is 1. The number of hydrogen-bond donors (Lipinski definition) is 0. The van der Waals surface area contributed by atoms with Gasteiger partial charge in [-0.2, -0.15) is 5.26 Å². The largest absolute Gasteiger partial charge is 0.294 e. The van der Waals surface area contributed by atoms with Gasteiger partial charge >= 0.3 is 0 Å². The average molecular weight is 173 g/mol. The Morgan fingerprint density at radius 1 is 1.46 bits per heavy atom. The summed E-state index contributed by atoms with van der Waals surface area (Å²) in [6, 6.07) is 8.80. The van der Waals surface area contributed by atoms with E-state index in [0.717, 1.165) is 0 Å². The molecule has 0 aromatic heterocycles. The third-order valence-electron chi connectivity index (χ3n) is 1.80. The summed E-state index contributed by atoms with van der Waals surface area (Å²) in [5, 5.41) is 8.62. The molecule has 0 aliphatic rings. The fraction of sp³-hybridized carbons (Fsp3) is 0.273. The average Bonchev–Trinajstić information content (AvgIpc) is 2.16. The van der Waals surface area contributed by atoms with E-state index in [-0.39, 0.29) is 11.7 Å². The molecule has 0 atom stereocenters. The smallest absolute Gasteiger partial charge is 0.165 e. The van der Waals surface area contributed by atoms with Crippen LogP contribution in [-0.4, -0.2) is 5.78 Å². The molecule has 0 saturated carbocycles. The predicted octanol–water partition coefficient (Wildman–Crippen LogP) is 2.40. The molecule has 0 N–H and O–H groups in total. The fourth-order valence-electron chi connectivity index (χ4n) is 1.08. The van der Waals surface area contributed by atoms with Crippen molar-refractivity contribution in [2.24, 2.45) is 5.92 Å². The first kappa shape index (κ1) is 9.47. The Hall–Kier alpha value is -1.62. The zero-order chi connectivity index (χ0) is 9.84. The monoisotopic (exact) mass is 173 g/mol. The molecule has 0 spiro atoms. The van der Waals surface area contributed by atoms with Crippen LogP contribution < -0.4 is 0 Å². The predicted molar refractivity (Wildman–Crippen MR) is 50.3 cm³/mol. The van der Waals surface area contributed by atoms with Crippen LogP contribution in [0.3, 0.4) is 0 Å². The lowest BCUT2D eigenvalue weighted by Crippen LogP contribution is -2.07. The highest BCUT2D eigenvalue weighted by molar-refractivity contribution is 5.97. The molecule has 0 aliphatic carbocycles. The minimum Gasteiger partial charge on any atom is -0.294 e. The van der Waals surface area contributed by atoms with Gasteiger partial charge in [-0.05, 0) is 12.1 Å². The van der Waals surface area contributed by atoms with Crippen LogP contribution in [0.1, 0.15) is 29.8 Å². The molecule has 2 nitrogen and oxygen atoms in total. The molecule has 0 bridgehead atoms. The van der Waals surface area contributed by atoms with Gasteiger partial charge in [-0.3, -0.25) is 4.79 Å². The van der Waals surface area contributed by atoms with Crippen molar-refractivity contribution in [1.29, 1.82) is 5.26 Å². The lowest BCUT2D eigenvalue weighted by Gasteiger charge is -2.03. The van der Waals surface area contributed by atoms with E-state index in [4.69, 9.17) is 5.26 Å². The summed E-state index contributed by atoms with van der Waals surface area (Å²) in [7, 11) is 0. The van der Waals surface area contributed by atoms with Crippen LogP contribution in [0.4, 0.5) is 0 Å². The highest BCUT2D eigenvalue weighted by atomic mass is 16.1. The summed E-state index contributed by atoms with van der Waals surface area (Å²) >= 11 is 0. The summed E-state index contributed by atoms with van der Waals surface area (Å²) < 4.78 is 0. The molecule has 0 fully saturated rings. The number of nitriles is 1. The van der Waals surface area contributed by atoms with Crippen LogP contribution in [0, 0.1) is 17.2 Å². The molecule has 0 radical (unpaired) electrons. The number of nitrogens with zero attached hydrogens (tertiary/aromatic N) is 1. The van der Waals surface area contributed by atoms with Gasteiger partial charge < -0.3 is 0 Å². The van der Waals surface area contributed by atoms with E-state index in [1.807, 2.05) is 19.9 Å². The first-order valence-corrected chi connectivity index (χ1v) is 4.19. The Bertz CT molecular complexity index is 361. The van der Waals surface area contributed by atoms with Crippen molar-refractivity contribution in [3.63, 3.8) is 0 Å². The number of Topliss-reactive ketones (excluding diaryl/α,β-unsaturated/α-hetero) is 1. The normalized spacial score (nSPS) is 9.69. The number of rotatable bonds is 2. The van der Waals surface area contributed by atoms with Crippen molar-refractivity contribution in [3.8, 4) is 6.07 Å². The first-order chi connectivity index (χ1) is 6.15. The Morgan fingerprint density at radius 3 is 2.69 bits per heavy atom. The Labute approximate surface area is 77.8 Å². The van der Waals surface area contributed by atoms with Gasteiger partial charge in [0.1, 0.15) is 0 Å². The third kappa shape index (κ3) is 2.16. The summed E-state index contributed by atoms with van der Waals surface area (Å²) in [5.41, 5.74) is 1.15. The maximum atomic E-state index is 11.5. The van der Waals surface area contributed by atoms with Gasteiger partial charge in [0.25, 0.3) is 0 Å². The molecule has 1 aromatic rings. The fourth-order valence-corrected chi connectivity index (χ4v) is 1.08. The van der Waals surface area contributed by atoms with E-state index in [9.17, 15) is 4.79 Å². The van der Waals surface area contributed by atoms with Crippen LogP contribution in [0.15, 0.2) is 24.3 Å². The second-order valence-electron chi connectivity index (χ2n) is 3.21. The van der Waals surface area contributed by atoms with E-state index in [0.29, 0.717) is 11.1 Å². The minimum absolute atomic E-state index is 0.0195. The van der Waals surface area contributed by atoms with E-state index >= 15 is 0 Å². The Balaban J connectivity index is 3.04. The SMILES string of the molecule is CC(C)C(=O)c1cccc(C#N)c1. The quantitative estimate of drug-likeness (QED) is 0.644. The molecule has 0 amide bonds. The molecule has 0 aliphatic heterocycles. The highest BCUT2D eigenvalue weighted by Gasteiger charge is 2.09. The van der Waals surface area contributed by atoms with E-state index < -0.39 is 0 Å². The van der Waals surface area contributed by atoms with Gasteiger partial charge in [0, 0.05) is 11.5 Å². The molecule has 1 aromatic carbocycles. The van der Waals surface area contributed by atoms with Crippen LogP contribution >= 0.6 is 0 Å². The molecule has 2 heteroatoms. The number of hydrogen-bond acceptors (Lipinski definition) is 2. The van der Waals surface area contributed by atoms with Gasteiger partial charge in [-0.1, -0.05) is 26.0 Å². The maximum Gasteiger partial charge on any atom is 0.165 e. The summed E-state index contributed by atoms with van der Waals surface area (Å²) in [5.74, 6) is 0.0612. The van der Waals surface area contributed by atoms with E-state index in [2.05, 4.69) is 0 Å². The molecular formula is C11H11NO. The molecule has 13 heavy (non-hydrogen) atoms. The van der Waals surface area contributed by atoms with Crippen molar-refractivity contribution < 1.29 is 4.79 Å². The summed E-state index contributed by atoms with van der Waals surface area (Å²) in [6.07, 6.45) is 0. The molecule has 0 heterocycles. The van der Waals surface area contributed by atoms with Crippen LogP contribution in [0.2, 0.25) is 0 Å². The summed E-state index contributed by atoms with van der Waals surface area (Å²) in [6.45, 7) is 3.70. The van der Waals surface area contributed by atoms with E-state index in [1.165, 1.54) is 0 Å². The molecule has 0 saturated heterocycles. The molecular weight excluding hydrogens is 162 g/mol. The van der Waals surface area contributed by atoms with Crippen LogP contribution in [-0.2, 0) is 0 Å². The van der Waals surface area contributed by atoms with E-state index in [1.54, 1.807) is 24.3 Å². The van der Waals surface area contributed by atoms with Crippen LogP contribution in [0.25, 0.3) is 0 Å². The Kier molecular flexibility index (Phi) is 2.81. The van der Waals surface area contributed by atoms with Crippen molar-refractivity contribution in [2.75, 3.05) is 0 Å². The number of carbonyl (C=O) groups is 1. The zero-order valence-electron chi connectivity index (χ0n) is 7.74. The molecule has 1 rings (SSSR count). The van der Waals surface area contributed by atoms with Gasteiger partial charge in [0.05, 0.1) is 11.6 Å². The van der Waals surface area contributed by atoms with Crippen molar-refractivity contribution >= 4 is 5.78 Å². The summed E-state index contributed by atoms with van der Waals surface area (Å²) in [4.78, 5) is 11.5. The third-order valence-corrected chi connectivity index (χ3v) is 1.80. The second-order valence-corrected chi connectivity index (χ2v) is 3.21. The van der Waals surface area contributed by atoms with Gasteiger partial charge in [0.15, 0.2) is 5.78 Å². The topological polar surface area (TPSA) is 40.9 Å². The van der Waals surface area contributed by atoms with Gasteiger partial charge in [0.2, 0.25) is 0 Å². The second kappa shape index (κ2) is 3.86. The zero-order valence-corrected chi connectivity index (χ0v) is 7.74. The molecule has 0 unspecified atom stereocenters. The number of carbonyl (C=O) groups excluding carboxylic acids is 1. The van der Waals surface area contributed by atoms with Gasteiger partial charge in [-0.25, -0.2) is 0 Å². The van der Waals surface area contributed by atoms with Crippen LogP contribution in [0.5, 0.6) is 0 Å². The minimum atomic E-state index is -0.0195. The highest BCUT2D eigenvalue weighted by Crippen LogP contribution is 2.09. The first-order valence-electron chi connectivity index (χ1n) is 4.19. The Morgan fingerprint density at radius 2 is 2.15 bits per heavy atom. The number of benzene rings is 1. The van der Waals surface area contributed by atoms with Gasteiger partial charge in [-0.15, -0.1) is 0 Å².